The Bertz CT molecular complexity index is 402. The molecule has 0 bridgehead atoms. The van der Waals surface area contributed by atoms with E-state index >= 15 is 0 Å². The predicted octanol–water partition coefficient (Wildman–Crippen LogP) is 2.02. The second-order valence-corrected chi connectivity index (χ2v) is 3.90. The van der Waals surface area contributed by atoms with Crippen LogP contribution in [0.5, 0.6) is 5.75 Å². The smallest absolute Gasteiger partial charge is 0.217 e. The van der Waals surface area contributed by atoms with Crippen molar-refractivity contribution in [2.45, 2.75) is 26.3 Å². The number of pyridine rings is 1. The Labute approximate surface area is 102 Å². The molecule has 1 unspecified atom stereocenters. The average molecular weight is 234 g/mol. The molecular weight excluding hydrogens is 216 g/mol. The molecule has 0 fully saturated rings. The molecule has 0 saturated carbocycles. The van der Waals surface area contributed by atoms with E-state index in [0.717, 1.165) is 17.7 Å². The number of aromatic nitrogens is 1. The predicted molar refractivity (Wildman–Crippen MR) is 67.7 cm³/mol. The summed E-state index contributed by atoms with van der Waals surface area (Å²) >= 11 is 0. The minimum absolute atomic E-state index is 0.00560. The molecule has 17 heavy (non-hydrogen) atoms. The normalized spacial score (nSPS) is 12.4. The van der Waals surface area contributed by atoms with Crippen molar-refractivity contribution in [2.24, 2.45) is 0 Å². The molecule has 4 nitrogen and oxygen atoms in total. The zero-order valence-electron chi connectivity index (χ0n) is 10.4. The number of carbonyl (C=O) groups excluding carboxylic acids is 1. The molecule has 1 heterocycles. The second-order valence-electron chi connectivity index (χ2n) is 3.90. The lowest BCUT2D eigenvalue weighted by atomic mass is 10.2. The molecular formula is C13H18N2O2. The fourth-order valence-electron chi connectivity index (χ4n) is 1.45. The van der Waals surface area contributed by atoms with E-state index in [-0.39, 0.29) is 11.9 Å². The number of ether oxygens (including phenoxy) is 1. The second kappa shape index (κ2) is 6.68. The standard InChI is InChI=1S/C13H18N2O2/c1-10(15-11(2)16)5-4-6-12-7-13(17-3)9-14-8-12/h4,6-10H,5H2,1-3H3,(H,15,16)/b6-4+. The van der Waals surface area contributed by atoms with Gasteiger partial charge in [-0.25, -0.2) is 0 Å². The largest absolute Gasteiger partial charge is 0.495 e. The van der Waals surface area contributed by atoms with Gasteiger partial charge in [0.05, 0.1) is 13.3 Å². The molecule has 0 aromatic carbocycles. The lowest BCUT2D eigenvalue weighted by Crippen LogP contribution is -2.29. The van der Waals surface area contributed by atoms with Crippen LogP contribution in [0.1, 0.15) is 25.8 Å². The quantitative estimate of drug-likeness (QED) is 0.848. The van der Waals surface area contributed by atoms with Crippen molar-refractivity contribution in [1.29, 1.82) is 0 Å². The SMILES string of the molecule is COc1cncc(/C=C/CC(C)NC(C)=O)c1. The highest BCUT2D eigenvalue weighted by Gasteiger charge is 1.99. The molecule has 1 N–H and O–H groups in total. The van der Waals surface area contributed by atoms with Crippen LogP contribution in [0.25, 0.3) is 6.08 Å². The van der Waals surface area contributed by atoms with Crippen molar-refractivity contribution < 1.29 is 9.53 Å². The van der Waals surface area contributed by atoms with Gasteiger partial charge >= 0.3 is 0 Å². The summed E-state index contributed by atoms with van der Waals surface area (Å²) in [5, 5.41) is 2.82. The summed E-state index contributed by atoms with van der Waals surface area (Å²) in [6.45, 7) is 3.49. The van der Waals surface area contributed by atoms with Crippen molar-refractivity contribution >= 4 is 12.0 Å². The fraction of sp³-hybridized carbons (Fsp3) is 0.385. The van der Waals surface area contributed by atoms with Gasteiger partial charge in [-0.3, -0.25) is 9.78 Å². The lowest BCUT2D eigenvalue weighted by molar-refractivity contribution is -0.119. The number of methoxy groups -OCH3 is 1. The first-order valence-corrected chi connectivity index (χ1v) is 5.54. The third-order valence-corrected chi connectivity index (χ3v) is 2.22. The van der Waals surface area contributed by atoms with Gasteiger partial charge in [-0.1, -0.05) is 12.2 Å². The van der Waals surface area contributed by atoms with Gasteiger partial charge in [-0.05, 0) is 25.0 Å². The summed E-state index contributed by atoms with van der Waals surface area (Å²) in [4.78, 5) is 14.9. The van der Waals surface area contributed by atoms with Crippen LogP contribution in [0.4, 0.5) is 0 Å². The van der Waals surface area contributed by atoms with Crippen molar-refractivity contribution in [1.82, 2.24) is 10.3 Å². The summed E-state index contributed by atoms with van der Waals surface area (Å²) in [6.07, 6.45) is 8.20. The van der Waals surface area contributed by atoms with Gasteiger partial charge in [-0.2, -0.15) is 0 Å². The molecule has 0 aliphatic carbocycles. The maximum atomic E-state index is 10.8. The highest BCUT2D eigenvalue weighted by atomic mass is 16.5. The summed E-state index contributed by atoms with van der Waals surface area (Å²) in [6, 6.07) is 2.05. The van der Waals surface area contributed by atoms with E-state index in [1.165, 1.54) is 6.92 Å². The Morgan fingerprint density at radius 2 is 2.35 bits per heavy atom. The molecule has 1 aromatic rings. The first kappa shape index (κ1) is 13.2. The summed E-state index contributed by atoms with van der Waals surface area (Å²) in [5.74, 6) is 0.732. The molecule has 1 aromatic heterocycles. The van der Waals surface area contributed by atoms with Gasteiger partial charge in [0.1, 0.15) is 5.75 Å². The lowest BCUT2D eigenvalue weighted by Gasteiger charge is -2.08. The minimum atomic E-state index is -0.00560. The average Bonchev–Trinajstić information content (AvgIpc) is 2.28. The maximum Gasteiger partial charge on any atom is 0.217 e. The molecule has 92 valence electrons. The third kappa shape index (κ3) is 5.15. The molecule has 4 heteroatoms. The van der Waals surface area contributed by atoms with Crippen LogP contribution in [0, 0.1) is 0 Å². The Balaban J connectivity index is 2.50. The fourth-order valence-corrected chi connectivity index (χ4v) is 1.45. The van der Waals surface area contributed by atoms with E-state index in [1.807, 2.05) is 25.1 Å². The van der Waals surface area contributed by atoms with Gasteiger partial charge in [0, 0.05) is 19.2 Å². The molecule has 0 spiro atoms. The number of nitrogens with one attached hydrogen (secondary N) is 1. The van der Waals surface area contributed by atoms with E-state index in [1.54, 1.807) is 19.5 Å². The Morgan fingerprint density at radius 3 is 3.00 bits per heavy atom. The Kier molecular flexibility index (Phi) is 5.20. The van der Waals surface area contributed by atoms with Crippen molar-refractivity contribution in [3.8, 4) is 5.75 Å². The number of hydrogen-bond acceptors (Lipinski definition) is 3. The highest BCUT2D eigenvalue weighted by Crippen LogP contribution is 2.11. The number of amides is 1. The van der Waals surface area contributed by atoms with Gasteiger partial charge < -0.3 is 10.1 Å². The van der Waals surface area contributed by atoms with E-state index in [2.05, 4.69) is 10.3 Å². The van der Waals surface area contributed by atoms with Crippen LogP contribution in [0.3, 0.4) is 0 Å². The highest BCUT2D eigenvalue weighted by molar-refractivity contribution is 5.73. The Morgan fingerprint density at radius 1 is 1.59 bits per heavy atom. The molecule has 1 amide bonds. The molecule has 1 rings (SSSR count). The third-order valence-electron chi connectivity index (χ3n) is 2.22. The first-order valence-electron chi connectivity index (χ1n) is 5.54. The number of rotatable bonds is 5. The molecule has 1 atom stereocenters. The zero-order chi connectivity index (χ0) is 12.7. The van der Waals surface area contributed by atoms with E-state index in [4.69, 9.17) is 4.74 Å². The van der Waals surface area contributed by atoms with Gasteiger partial charge in [0.25, 0.3) is 0 Å². The van der Waals surface area contributed by atoms with Crippen molar-refractivity contribution in [3.05, 3.63) is 30.1 Å². The first-order chi connectivity index (χ1) is 8.11. The number of hydrogen-bond donors (Lipinski definition) is 1. The molecule has 0 saturated heterocycles. The number of nitrogens with zero attached hydrogens (tertiary/aromatic N) is 1. The van der Waals surface area contributed by atoms with Crippen LogP contribution < -0.4 is 10.1 Å². The summed E-state index contributed by atoms with van der Waals surface area (Å²) < 4.78 is 5.08. The van der Waals surface area contributed by atoms with Crippen molar-refractivity contribution in [3.63, 3.8) is 0 Å². The van der Waals surface area contributed by atoms with E-state index in [9.17, 15) is 4.79 Å². The summed E-state index contributed by atoms with van der Waals surface area (Å²) in [5.41, 5.74) is 0.986. The molecule has 0 radical (unpaired) electrons. The van der Waals surface area contributed by atoms with Gasteiger partial charge in [0.15, 0.2) is 0 Å². The monoisotopic (exact) mass is 234 g/mol. The van der Waals surface area contributed by atoms with Gasteiger partial charge in [-0.15, -0.1) is 0 Å². The van der Waals surface area contributed by atoms with Crippen LogP contribution in [-0.4, -0.2) is 24.0 Å². The van der Waals surface area contributed by atoms with Crippen molar-refractivity contribution in [2.75, 3.05) is 7.11 Å². The van der Waals surface area contributed by atoms with E-state index < -0.39 is 0 Å². The maximum absolute atomic E-state index is 10.8. The van der Waals surface area contributed by atoms with Gasteiger partial charge in [0.2, 0.25) is 5.91 Å². The van der Waals surface area contributed by atoms with E-state index in [0.29, 0.717) is 0 Å². The molecule has 0 aliphatic rings. The Hall–Kier alpha value is -1.84. The van der Waals surface area contributed by atoms with Crippen LogP contribution in [0.15, 0.2) is 24.5 Å². The molecule has 0 aliphatic heterocycles. The van der Waals surface area contributed by atoms with Crippen LogP contribution in [0.2, 0.25) is 0 Å². The minimum Gasteiger partial charge on any atom is -0.495 e. The zero-order valence-corrected chi connectivity index (χ0v) is 10.4. The summed E-state index contributed by atoms with van der Waals surface area (Å²) in [7, 11) is 1.61. The van der Waals surface area contributed by atoms with Crippen LogP contribution in [-0.2, 0) is 4.79 Å². The number of carbonyl (C=O) groups is 1. The topological polar surface area (TPSA) is 51.2 Å². The van der Waals surface area contributed by atoms with Crippen LogP contribution >= 0.6 is 0 Å².